The number of aromatic nitrogens is 2. The Morgan fingerprint density at radius 2 is 2.18 bits per heavy atom. The number of H-pyrrole nitrogens is 1. The Morgan fingerprint density at radius 3 is 2.76 bits per heavy atom. The predicted molar refractivity (Wildman–Crippen MR) is 72.3 cm³/mol. The van der Waals surface area contributed by atoms with Crippen LogP contribution in [0.4, 0.5) is 4.39 Å². The largest absolute Gasteiger partial charge is 0.330 e. The highest BCUT2D eigenvalue weighted by atomic mass is 79.9. The van der Waals surface area contributed by atoms with Crippen molar-refractivity contribution in [3.05, 3.63) is 27.2 Å². The van der Waals surface area contributed by atoms with E-state index in [0.29, 0.717) is 9.24 Å². The summed E-state index contributed by atoms with van der Waals surface area (Å²) in [5.41, 5.74) is 1.83. The highest BCUT2D eigenvalue weighted by Gasteiger charge is 2.35. The average Bonchev–Trinajstić information content (AvgIpc) is 2.52. The van der Waals surface area contributed by atoms with Gasteiger partial charge in [0.05, 0.1) is 15.5 Å². The highest BCUT2D eigenvalue weighted by molar-refractivity contribution is 9.10. The third-order valence-corrected chi connectivity index (χ3v) is 4.59. The third-order valence-electron chi connectivity index (χ3n) is 3.69. The van der Waals surface area contributed by atoms with Crippen LogP contribution in [0.15, 0.2) is 16.6 Å². The fraction of sp³-hybridized carbons (Fsp3) is 0.417. The zero-order valence-corrected chi connectivity index (χ0v) is 11.8. The fourth-order valence-corrected chi connectivity index (χ4v) is 3.31. The zero-order valence-electron chi connectivity index (χ0n) is 9.39. The van der Waals surface area contributed by atoms with E-state index < -0.39 is 0 Å². The summed E-state index contributed by atoms with van der Waals surface area (Å²) in [5.74, 6) is -0.264. The van der Waals surface area contributed by atoms with Gasteiger partial charge in [0, 0.05) is 11.6 Å². The molecule has 0 radical (unpaired) electrons. The van der Waals surface area contributed by atoms with Crippen LogP contribution in [0.25, 0.3) is 11.0 Å². The van der Waals surface area contributed by atoms with Crippen LogP contribution in [0.5, 0.6) is 0 Å². The molecule has 0 unspecified atom stereocenters. The lowest BCUT2D eigenvalue weighted by molar-refractivity contribution is 0.172. The second kappa shape index (κ2) is 3.65. The second-order valence-electron chi connectivity index (χ2n) is 4.90. The molecular formula is C12H12BrFN2S. The van der Waals surface area contributed by atoms with Gasteiger partial charge >= 0.3 is 0 Å². The van der Waals surface area contributed by atoms with Crippen molar-refractivity contribution in [1.29, 1.82) is 0 Å². The van der Waals surface area contributed by atoms with Crippen LogP contribution in [0.2, 0.25) is 0 Å². The Morgan fingerprint density at radius 1 is 1.47 bits per heavy atom. The molecule has 0 saturated heterocycles. The summed E-state index contributed by atoms with van der Waals surface area (Å²) in [6.45, 7) is 2.21. The number of nitrogens with zero attached hydrogens (tertiary/aromatic N) is 1. The van der Waals surface area contributed by atoms with Crippen LogP contribution in [0.1, 0.15) is 26.2 Å². The molecule has 90 valence electrons. The normalized spacial score (nSPS) is 18.3. The lowest BCUT2D eigenvalue weighted by atomic mass is 9.78. The summed E-state index contributed by atoms with van der Waals surface area (Å²) < 4.78 is 16.8. The van der Waals surface area contributed by atoms with E-state index in [2.05, 4.69) is 32.4 Å². The molecular weight excluding hydrogens is 303 g/mol. The van der Waals surface area contributed by atoms with Crippen molar-refractivity contribution in [2.24, 2.45) is 0 Å². The van der Waals surface area contributed by atoms with Crippen LogP contribution >= 0.6 is 28.1 Å². The van der Waals surface area contributed by atoms with Gasteiger partial charge in [-0.25, -0.2) is 4.39 Å². The van der Waals surface area contributed by atoms with E-state index in [-0.39, 0.29) is 11.4 Å². The van der Waals surface area contributed by atoms with Gasteiger partial charge in [-0.2, -0.15) is 0 Å². The van der Waals surface area contributed by atoms with Crippen molar-refractivity contribution >= 4 is 39.2 Å². The monoisotopic (exact) mass is 314 g/mol. The van der Waals surface area contributed by atoms with Crippen LogP contribution in [-0.2, 0) is 5.54 Å². The van der Waals surface area contributed by atoms with E-state index in [0.717, 1.165) is 23.9 Å². The van der Waals surface area contributed by atoms with Gasteiger partial charge in [0.25, 0.3) is 0 Å². The molecule has 1 fully saturated rings. The van der Waals surface area contributed by atoms with Gasteiger partial charge in [-0.15, -0.1) is 0 Å². The summed E-state index contributed by atoms with van der Waals surface area (Å²) >= 11 is 8.59. The lowest BCUT2D eigenvalue weighted by Crippen LogP contribution is -2.37. The second-order valence-corrected chi connectivity index (χ2v) is 6.14. The van der Waals surface area contributed by atoms with Crippen LogP contribution in [-0.4, -0.2) is 9.55 Å². The molecule has 1 aromatic heterocycles. The first-order chi connectivity index (χ1) is 8.01. The zero-order chi connectivity index (χ0) is 12.2. The number of imidazole rings is 1. The molecule has 2 aromatic rings. The molecule has 0 amide bonds. The third kappa shape index (κ3) is 1.59. The number of hydrogen-bond acceptors (Lipinski definition) is 1. The van der Waals surface area contributed by atoms with Crippen molar-refractivity contribution in [1.82, 2.24) is 9.55 Å². The molecule has 1 saturated carbocycles. The quantitative estimate of drug-likeness (QED) is 0.769. The standard InChI is InChI=1S/C12H12BrFN2S/c1-12(3-2-4-12)16-10-5-7(13)8(14)6-9(10)15-11(16)17/h5-6H,2-4H2,1H3,(H,15,17). The maximum Gasteiger partial charge on any atom is 0.178 e. The number of fused-ring (bicyclic) bond motifs is 1. The smallest absolute Gasteiger partial charge is 0.178 e. The van der Waals surface area contributed by atoms with Gasteiger partial charge in [0.1, 0.15) is 5.82 Å². The molecule has 0 atom stereocenters. The maximum absolute atomic E-state index is 13.5. The van der Waals surface area contributed by atoms with Crippen molar-refractivity contribution in [3.63, 3.8) is 0 Å². The molecule has 0 aliphatic heterocycles. The number of aromatic amines is 1. The predicted octanol–water partition coefficient (Wildman–Crippen LogP) is 4.50. The van der Waals surface area contributed by atoms with E-state index >= 15 is 0 Å². The van der Waals surface area contributed by atoms with Gasteiger partial charge in [-0.05, 0) is 60.4 Å². The van der Waals surface area contributed by atoms with E-state index in [9.17, 15) is 4.39 Å². The van der Waals surface area contributed by atoms with Crippen molar-refractivity contribution in [2.45, 2.75) is 31.7 Å². The van der Waals surface area contributed by atoms with Gasteiger partial charge in [0.2, 0.25) is 0 Å². The van der Waals surface area contributed by atoms with E-state index in [1.165, 1.54) is 12.5 Å². The average molecular weight is 315 g/mol. The van der Waals surface area contributed by atoms with Crippen LogP contribution in [0, 0.1) is 10.6 Å². The van der Waals surface area contributed by atoms with Crippen molar-refractivity contribution in [2.75, 3.05) is 0 Å². The Kier molecular flexibility index (Phi) is 2.45. The summed E-state index contributed by atoms with van der Waals surface area (Å²) in [4.78, 5) is 3.09. The summed E-state index contributed by atoms with van der Waals surface area (Å²) in [7, 11) is 0. The van der Waals surface area contributed by atoms with Gasteiger partial charge in [-0.1, -0.05) is 0 Å². The molecule has 2 nitrogen and oxygen atoms in total. The summed E-state index contributed by atoms with van der Waals surface area (Å²) in [6.07, 6.45) is 3.49. The van der Waals surface area contributed by atoms with E-state index in [1.54, 1.807) is 6.07 Å². The molecule has 1 aliphatic rings. The molecule has 17 heavy (non-hydrogen) atoms. The molecule has 5 heteroatoms. The maximum atomic E-state index is 13.5. The molecule has 1 aromatic carbocycles. The highest BCUT2D eigenvalue weighted by Crippen LogP contribution is 2.41. The van der Waals surface area contributed by atoms with Gasteiger partial charge < -0.3 is 9.55 Å². The number of nitrogens with one attached hydrogen (secondary N) is 1. The van der Waals surface area contributed by atoms with Crippen molar-refractivity contribution in [3.8, 4) is 0 Å². The Balaban J connectivity index is 2.34. The minimum absolute atomic E-state index is 0.0899. The number of hydrogen-bond donors (Lipinski definition) is 1. The van der Waals surface area contributed by atoms with Crippen molar-refractivity contribution < 1.29 is 4.39 Å². The first-order valence-electron chi connectivity index (χ1n) is 5.61. The first kappa shape index (κ1) is 11.4. The lowest BCUT2D eigenvalue weighted by Gasteiger charge is -2.40. The number of halogens is 2. The van der Waals surface area contributed by atoms with E-state index in [1.807, 2.05) is 0 Å². The SMILES string of the molecule is CC1(n2c(=S)[nH]c3cc(F)c(Br)cc32)CCC1. The van der Waals surface area contributed by atoms with Crippen LogP contribution in [0.3, 0.4) is 0 Å². The Bertz CT molecular complexity index is 654. The van der Waals surface area contributed by atoms with Gasteiger partial charge in [-0.3, -0.25) is 0 Å². The first-order valence-corrected chi connectivity index (χ1v) is 6.82. The molecule has 0 bridgehead atoms. The van der Waals surface area contributed by atoms with Crippen LogP contribution < -0.4 is 0 Å². The fourth-order valence-electron chi connectivity index (χ4n) is 2.55. The van der Waals surface area contributed by atoms with E-state index in [4.69, 9.17) is 12.2 Å². The Labute approximate surface area is 112 Å². The number of rotatable bonds is 1. The molecule has 1 N–H and O–H groups in total. The number of benzene rings is 1. The minimum atomic E-state index is -0.264. The molecule has 1 aliphatic carbocycles. The minimum Gasteiger partial charge on any atom is -0.330 e. The topological polar surface area (TPSA) is 20.7 Å². The molecule has 3 rings (SSSR count). The Hall–Kier alpha value is -0.680. The summed E-state index contributed by atoms with van der Waals surface area (Å²) in [5, 5.41) is 0. The van der Waals surface area contributed by atoms with Gasteiger partial charge in [0.15, 0.2) is 4.77 Å². The summed E-state index contributed by atoms with van der Waals surface area (Å²) in [6, 6.07) is 3.30. The molecule has 1 heterocycles. The molecule has 0 spiro atoms.